The molecule has 36 heavy (non-hydrogen) atoms. The fourth-order valence-corrected chi connectivity index (χ4v) is 4.00. The number of benzene rings is 2. The van der Waals surface area contributed by atoms with Gasteiger partial charge in [0.25, 0.3) is 0 Å². The summed E-state index contributed by atoms with van der Waals surface area (Å²) in [5.41, 5.74) is 4.55. The number of nitrogens with zero attached hydrogens (tertiary/aromatic N) is 3. The smallest absolute Gasteiger partial charge is 0.341 e. The molecule has 0 amide bonds. The molecule has 0 N–H and O–H groups in total. The molecule has 0 fully saturated rings. The minimum atomic E-state index is -0.904. The van der Waals surface area contributed by atoms with Gasteiger partial charge in [-0.25, -0.2) is 4.79 Å². The number of aryl methyl sites for hydroxylation is 2. The van der Waals surface area contributed by atoms with E-state index in [-0.39, 0.29) is 5.41 Å². The van der Waals surface area contributed by atoms with Crippen LogP contribution in [0.15, 0.2) is 59.6 Å². The molecular formula is C29H34ClN3O3. The van der Waals surface area contributed by atoms with Gasteiger partial charge in [-0.2, -0.15) is 5.10 Å². The molecule has 0 aliphatic heterocycles. The number of allylic oxidation sites excluding steroid dienone is 1. The minimum absolute atomic E-state index is 0.0159. The zero-order valence-electron chi connectivity index (χ0n) is 22.0. The zero-order valence-corrected chi connectivity index (χ0v) is 22.8. The molecule has 0 spiro atoms. The van der Waals surface area contributed by atoms with Crippen molar-refractivity contribution >= 4 is 35.1 Å². The Bertz CT molecular complexity index is 1250. The lowest BCUT2D eigenvalue weighted by Gasteiger charge is -2.22. The third-order valence-electron chi connectivity index (χ3n) is 5.70. The molecule has 3 rings (SSSR count). The van der Waals surface area contributed by atoms with Crippen LogP contribution < -0.4 is 0 Å². The third kappa shape index (κ3) is 6.24. The monoisotopic (exact) mass is 507 g/mol. The van der Waals surface area contributed by atoms with Crippen LogP contribution in [-0.2, 0) is 21.4 Å². The van der Waals surface area contributed by atoms with E-state index >= 15 is 0 Å². The van der Waals surface area contributed by atoms with E-state index in [0.29, 0.717) is 39.9 Å². The van der Waals surface area contributed by atoms with Crippen LogP contribution in [0.4, 0.5) is 0 Å². The van der Waals surface area contributed by atoms with Gasteiger partial charge in [-0.3, -0.25) is 9.67 Å². The molecule has 0 bridgehead atoms. The van der Waals surface area contributed by atoms with Crippen LogP contribution in [0.25, 0.3) is 11.3 Å². The van der Waals surface area contributed by atoms with Gasteiger partial charge in [0.15, 0.2) is 5.76 Å². The Morgan fingerprint density at radius 3 is 2.28 bits per heavy atom. The van der Waals surface area contributed by atoms with Gasteiger partial charge in [0.2, 0.25) is 6.29 Å². The van der Waals surface area contributed by atoms with Gasteiger partial charge in [0, 0.05) is 32.3 Å². The van der Waals surface area contributed by atoms with E-state index in [1.807, 2.05) is 32.0 Å². The largest absolute Gasteiger partial charge is 0.452 e. The standard InChI is InChI=1S/C29H34ClN3O3/c1-8-33-26(25(30)19(2)32-33)27(35-20(3)36-28(34)22-12-10-9-11-13-22)24(18-31-7)21-14-16-23(17-15-21)29(4,5)6/h9-18,20H,8H2,1-7H3/b27-24-,31-18+. The third-order valence-corrected chi connectivity index (χ3v) is 6.15. The number of ether oxygens (including phenoxy) is 2. The van der Waals surface area contributed by atoms with E-state index in [1.54, 1.807) is 49.1 Å². The summed E-state index contributed by atoms with van der Waals surface area (Å²) >= 11 is 6.74. The maximum absolute atomic E-state index is 12.7. The lowest BCUT2D eigenvalue weighted by atomic mass is 9.86. The number of rotatable bonds is 8. The minimum Gasteiger partial charge on any atom is -0.452 e. The first kappa shape index (κ1) is 27.2. The lowest BCUT2D eigenvalue weighted by Crippen LogP contribution is -2.19. The van der Waals surface area contributed by atoms with Crippen LogP contribution in [0.2, 0.25) is 5.02 Å². The van der Waals surface area contributed by atoms with Crippen molar-refractivity contribution in [3.05, 3.63) is 87.7 Å². The Morgan fingerprint density at radius 1 is 1.08 bits per heavy atom. The molecule has 6 nitrogen and oxygen atoms in total. The van der Waals surface area contributed by atoms with E-state index < -0.39 is 12.3 Å². The summed E-state index contributed by atoms with van der Waals surface area (Å²) in [6, 6.07) is 17.1. The molecule has 1 unspecified atom stereocenters. The number of aliphatic imine (C=N–C) groups is 1. The Balaban J connectivity index is 2.12. The van der Waals surface area contributed by atoms with Crippen molar-refractivity contribution in [2.45, 2.75) is 59.8 Å². The summed E-state index contributed by atoms with van der Waals surface area (Å²) in [5.74, 6) is -0.0427. The number of esters is 1. The molecule has 0 radical (unpaired) electrons. The Hall–Kier alpha value is -3.38. The van der Waals surface area contributed by atoms with Crippen molar-refractivity contribution in [1.82, 2.24) is 9.78 Å². The van der Waals surface area contributed by atoms with Crippen LogP contribution in [0.5, 0.6) is 0 Å². The molecule has 0 saturated carbocycles. The van der Waals surface area contributed by atoms with Crippen LogP contribution in [0, 0.1) is 6.92 Å². The first-order valence-electron chi connectivity index (χ1n) is 12.0. The maximum Gasteiger partial charge on any atom is 0.341 e. The molecule has 1 atom stereocenters. The summed E-state index contributed by atoms with van der Waals surface area (Å²) in [7, 11) is 1.70. The molecule has 0 saturated heterocycles. The molecule has 2 aromatic carbocycles. The van der Waals surface area contributed by atoms with Gasteiger partial charge in [-0.05, 0) is 42.5 Å². The van der Waals surface area contributed by atoms with Gasteiger partial charge >= 0.3 is 5.97 Å². The van der Waals surface area contributed by atoms with E-state index in [1.165, 1.54) is 5.56 Å². The van der Waals surface area contributed by atoms with Crippen LogP contribution in [0.1, 0.15) is 67.5 Å². The van der Waals surface area contributed by atoms with Crippen LogP contribution in [0.3, 0.4) is 0 Å². The Morgan fingerprint density at radius 2 is 1.72 bits per heavy atom. The van der Waals surface area contributed by atoms with Gasteiger partial charge < -0.3 is 9.47 Å². The number of carbonyl (C=O) groups is 1. The van der Waals surface area contributed by atoms with Crippen molar-refractivity contribution < 1.29 is 14.3 Å². The predicted octanol–water partition coefficient (Wildman–Crippen LogP) is 6.95. The second kappa shape index (κ2) is 11.6. The highest BCUT2D eigenvalue weighted by atomic mass is 35.5. The van der Waals surface area contributed by atoms with Crippen molar-refractivity contribution in [2.75, 3.05) is 7.05 Å². The SMILES string of the molecule is CCn1nc(C)c(Cl)c1/C(OC(C)OC(=O)c1ccccc1)=C(\C=N\C)c1ccc(C(C)(C)C)cc1. The van der Waals surface area contributed by atoms with E-state index in [4.69, 9.17) is 21.1 Å². The average molecular weight is 508 g/mol. The van der Waals surface area contributed by atoms with Crippen molar-refractivity contribution in [2.24, 2.45) is 4.99 Å². The topological polar surface area (TPSA) is 65.7 Å². The summed E-state index contributed by atoms with van der Waals surface area (Å²) in [6.45, 7) is 12.6. The van der Waals surface area contributed by atoms with Crippen molar-refractivity contribution in [3.63, 3.8) is 0 Å². The number of hydrogen-bond acceptors (Lipinski definition) is 5. The van der Waals surface area contributed by atoms with Crippen molar-refractivity contribution in [3.8, 4) is 0 Å². The summed E-state index contributed by atoms with van der Waals surface area (Å²) in [4.78, 5) is 17.0. The second-order valence-corrected chi connectivity index (χ2v) is 9.86. The second-order valence-electron chi connectivity index (χ2n) is 9.48. The quantitative estimate of drug-likeness (QED) is 0.143. The molecule has 0 aliphatic carbocycles. The number of carbonyl (C=O) groups excluding carboxylic acids is 1. The van der Waals surface area contributed by atoms with Crippen molar-refractivity contribution in [1.29, 1.82) is 0 Å². The molecule has 7 heteroatoms. The van der Waals surface area contributed by atoms with Gasteiger partial charge in [0.1, 0.15) is 5.69 Å². The van der Waals surface area contributed by atoms with E-state index in [0.717, 1.165) is 5.56 Å². The van der Waals surface area contributed by atoms with Gasteiger partial charge in [-0.1, -0.05) is 74.8 Å². The summed E-state index contributed by atoms with van der Waals surface area (Å²) in [6.07, 6.45) is 0.824. The molecule has 190 valence electrons. The Kier molecular flexibility index (Phi) is 8.75. The fourth-order valence-electron chi connectivity index (χ4n) is 3.78. The molecular weight excluding hydrogens is 474 g/mol. The molecule has 0 aliphatic rings. The fraction of sp³-hybridized carbons (Fsp3) is 0.345. The molecule has 3 aromatic rings. The number of halogens is 1. The molecule has 1 heterocycles. The normalized spacial score (nSPS) is 13.4. The predicted molar refractivity (Wildman–Crippen MR) is 146 cm³/mol. The highest BCUT2D eigenvalue weighted by molar-refractivity contribution is 6.33. The van der Waals surface area contributed by atoms with Gasteiger partial charge in [0.05, 0.1) is 16.3 Å². The first-order valence-corrected chi connectivity index (χ1v) is 12.4. The summed E-state index contributed by atoms with van der Waals surface area (Å²) in [5, 5.41) is 5.04. The van der Waals surface area contributed by atoms with Crippen LogP contribution >= 0.6 is 11.6 Å². The van der Waals surface area contributed by atoms with Crippen LogP contribution in [-0.4, -0.2) is 35.3 Å². The summed E-state index contributed by atoms with van der Waals surface area (Å²) < 4.78 is 13.7. The van der Waals surface area contributed by atoms with E-state index in [2.05, 4.69) is 43.0 Å². The Labute approximate surface area is 218 Å². The maximum atomic E-state index is 12.7. The lowest BCUT2D eigenvalue weighted by molar-refractivity contribution is -0.0514. The highest BCUT2D eigenvalue weighted by Gasteiger charge is 2.25. The van der Waals surface area contributed by atoms with Gasteiger partial charge in [-0.15, -0.1) is 0 Å². The number of aromatic nitrogens is 2. The average Bonchev–Trinajstić information content (AvgIpc) is 3.14. The zero-order chi connectivity index (χ0) is 26.5. The first-order chi connectivity index (χ1) is 17.1. The molecule has 1 aromatic heterocycles. The van der Waals surface area contributed by atoms with E-state index in [9.17, 15) is 4.79 Å². The highest BCUT2D eigenvalue weighted by Crippen LogP contribution is 2.35. The number of hydrogen-bond donors (Lipinski definition) is 0.